The van der Waals surface area contributed by atoms with Crippen LogP contribution in [-0.2, 0) is 9.59 Å². The molecule has 7 heteroatoms. The Balaban J connectivity index is 3.69. The molecule has 0 fully saturated rings. The predicted molar refractivity (Wildman–Crippen MR) is 41.7 cm³/mol. The second-order valence-electron chi connectivity index (χ2n) is 1.97. The highest BCUT2D eigenvalue weighted by Crippen LogP contribution is 1.92. The molecule has 0 atom stereocenters. The summed E-state index contributed by atoms with van der Waals surface area (Å²) < 4.78 is 0. The van der Waals surface area contributed by atoms with Gasteiger partial charge in [0, 0.05) is 13.0 Å². The zero-order valence-electron chi connectivity index (χ0n) is 6.88. The van der Waals surface area contributed by atoms with Crippen LogP contribution in [0.4, 0.5) is 0 Å². The highest BCUT2D eigenvalue weighted by atomic mass is 16.2. The topological polar surface area (TPSA) is 97.9 Å². The molecule has 13 heavy (non-hydrogen) atoms. The summed E-state index contributed by atoms with van der Waals surface area (Å²) in [5.74, 6) is 0. The number of amides is 2. The highest BCUT2D eigenvalue weighted by Gasteiger charge is 1.97. The molecular weight excluding hydrogens is 174 g/mol. The van der Waals surface area contributed by atoms with Crippen LogP contribution in [-0.4, -0.2) is 24.4 Å². The van der Waals surface area contributed by atoms with Gasteiger partial charge in [-0.15, -0.1) is 0 Å². The first kappa shape index (κ1) is 11.0. The maximum Gasteiger partial charge on any atom is 0.231 e. The molecule has 1 N–H and O–H groups in total. The maximum absolute atomic E-state index is 10.3. The van der Waals surface area contributed by atoms with E-state index in [1.165, 1.54) is 0 Å². The van der Waals surface area contributed by atoms with E-state index in [2.05, 4.69) is 10.4 Å². The summed E-state index contributed by atoms with van der Waals surface area (Å²) in [6.45, 7) is 0.307. The van der Waals surface area contributed by atoms with Gasteiger partial charge in [-0.25, -0.2) is 10.4 Å². The van der Waals surface area contributed by atoms with E-state index in [-0.39, 0.29) is 0 Å². The fourth-order valence-electron chi connectivity index (χ4n) is 0.545. The van der Waals surface area contributed by atoms with Gasteiger partial charge in [0.15, 0.2) is 0 Å². The molecule has 0 aromatic rings. The van der Waals surface area contributed by atoms with E-state index < -0.39 is 0 Å². The van der Waals surface area contributed by atoms with Crippen molar-refractivity contribution in [3.8, 4) is 6.07 Å². The van der Waals surface area contributed by atoms with Crippen LogP contribution in [0, 0.1) is 11.3 Å². The van der Waals surface area contributed by atoms with Crippen LogP contribution in [0.5, 0.6) is 0 Å². The molecule has 0 spiro atoms. The van der Waals surface area contributed by atoms with Crippen molar-refractivity contribution in [3.05, 3.63) is 0 Å². The van der Waals surface area contributed by atoms with E-state index in [0.717, 1.165) is 5.01 Å². The fourth-order valence-corrected chi connectivity index (χ4v) is 0.545. The quantitative estimate of drug-likeness (QED) is 0.255. The lowest BCUT2D eigenvalue weighted by molar-refractivity contribution is -0.119. The number of nitrogens with zero attached hydrogens (tertiary/aromatic N) is 4. The second kappa shape index (κ2) is 8.13. The highest BCUT2D eigenvalue weighted by molar-refractivity contribution is 5.46. The van der Waals surface area contributed by atoms with Gasteiger partial charge in [0.05, 0.1) is 6.07 Å². The molecule has 0 bridgehead atoms. The van der Waals surface area contributed by atoms with E-state index >= 15 is 0 Å². The monoisotopic (exact) mass is 183 g/mol. The summed E-state index contributed by atoms with van der Waals surface area (Å²) in [4.78, 5) is 20.0. The molecule has 70 valence electrons. The number of rotatable bonds is 7. The number of nitriles is 1. The molecule has 0 aliphatic rings. The van der Waals surface area contributed by atoms with E-state index in [0.29, 0.717) is 32.2 Å². The van der Waals surface area contributed by atoms with E-state index in [9.17, 15) is 9.59 Å². The standard InChI is InChI=1S/C6H9N5O2/c7-3-1-2-4-11(6-13)10-9-8-5-12/h5-6H,1-2,4H2,(H,8,10,12). The van der Waals surface area contributed by atoms with Crippen LogP contribution >= 0.6 is 0 Å². The van der Waals surface area contributed by atoms with E-state index in [1.807, 2.05) is 11.5 Å². The Morgan fingerprint density at radius 1 is 1.54 bits per heavy atom. The number of hydrogen-bond donors (Lipinski definition) is 1. The average molecular weight is 183 g/mol. The molecule has 0 radical (unpaired) electrons. The molecule has 0 rings (SSSR count). The molecule has 0 saturated heterocycles. The van der Waals surface area contributed by atoms with Crippen LogP contribution in [0.15, 0.2) is 10.4 Å². The fraction of sp³-hybridized carbons (Fsp3) is 0.500. The molecule has 0 heterocycles. The van der Waals surface area contributed by atoms with Gasteiger partial charge in [0.2, 0.25) is 12.8 Å². The summed E-state index contributed by atoms with van der Waals surface area (Å²) in [5, 5.41) is 15.7. The first-order valence-electron chi connectivity index (χ1n) is 3.54. The largest absolute Gasteiger partial charge is 0.277 e. The van der Waals surface area contributed by atoms with Gasteiger partial charge >= 0.3 is 0 Å². The molecule has 0 aromatic heterocycles. The summed E-state index contributed by atoms with van der Waals surface area (Å²) in [5.41, 5.74) is 1.92. The Labute approximate surface area is 75.0 Å². The van der Waals surface area contributed by atoms with Gasteiger partial charge < -0.3 is 0 Å². The van der Waals surface area contributed by atoms with Gasteiger partial charge in [0.25, 0.3) is 0 Å². The van der Waals surface area contributed by atoms with Crippen molar-refractivity contribution in [2.45, 2.75) is 12.8 Å². The molecule has 2 amide bonds. The molecular formula is C6H9N5O2. The van der Waals surface area contributed by atoms with Gasteiger partial charge in [-0.05, 0) is 16.9 Å². The third kappa shape index (κ3) is 6.43. The molecule has 0 saturated carbocycles. The lowest BCUT2D eigenvalue weighted by Crippen LogP contribution is -2.17. The average Bonchev–Trinajstić information content (AvgIpc) is 2.16. The van der Waals surface area contributed by atoms with Crippen LogP contribution in [0.1, 0.15) is 12.8 Å². The van der Waals surface area contributed by atoms with Crippen molar-refractivity contribution in [2.75, 3.05) is 6.54 Å². The molecule has 0 aliphatic carbocycles. The van der Waals surface area contributed by atoms with Crippen LogP contribution < -0.4 is 5.43 Å². The minimum atomic E-state index is 0.307. The van der Waals surface area contributed by atoms with Crippen LogP contribution in [0.3, 0.4) is 0 Å². The SMILES string of the molecule is N#CCCCN(C=O)N=NNC=O. The van der Waals surface area contributed by atoms with E-state index in [4.69, 9.17) is 5.26 Å². The van der Waals surface area contributed by atoms with Crippen molar-refractivity contribution < 1.29 is 9.59 Å². The molecule has 0 aliphatic heterocycles. The predicted octanol–water partition coefficient (Wildman–Crippen LogP) is -0.223. The Hall–Kier alpha value is -1.97. The van der Waals surface area contributed by atoms with Gasteiger partial charge in [-0.1, -0.05) is 0 Å². The summed E-state index contributed by atoms with van der Waals surface area (Å²) >= 11 is 0. The minimum Gasteiger partial charge on any atom is -0.277 e. The third-order valence-corrected chi connectivity index (χ3v) is 1.07. The second-order valence-corrected chi connectivity index (χ2v) is 1.97. The zero-order valence-corrected chi connectivity index (χ0v) is 6.88. The Bertz CT molecular complexity index is 222. The summed E-state index contributed by atoms with van der Waals surface area (Å²) in [6.07, 6.45) is 1.67. The van der Waals surface area contributed by atoms with Crippen LogP contribution in [0.2, 0.25) is 0 Å². The van der Waals surface area contributed by atoms with Gasteiger partial charge in [0.1, 0.15) is 0 Å². The maximum atomic E-state index is 10.3. The number of unbranched alkanes of at least 4 members (excludes halogenated alkanes) is 1. The number of hydrogen-bond acceptors (Lipinski definition) is 5. The number of nitrogens with one attached hydrogen (secondary N) is 1. The summed E-state index contributed by atoms with van der Waals surface area (Å²) in [6, 6.07) is 1.93. The van der Waals surface area contributed by atoms with Crippen molar-refractivity contribution in [2.24, 2.45) is 10.4 Å². The normalized spacial score (nSPS) is 9.15. The Morgan fingerprint density at radius 3 is 2.85 bits per heavy atom. The van der Waals surface area contributed by atoms with Gasteiger partial charge in [-0.3, -0.25) is 9.59 Å². The lowest BCUT2D eigenvalue weighted by atomic mass is 10.3. The molecule has 7 nitrogen and oxygen atoms in total. The minimum absolute atomic E-state index is 0.307. The van der Waals surface area contributed by atoms with E-state index in [1.54, 1.807) is 0 Å². The first-order chi connectivity index (χ1) is 6.35. The van der Waals surface area contributed by atoms with Crippen molar-refractivity contribution >= 4 is 12.8 Å². The zero-order chi connectivity index (χ0) is 9.94. The van der Waals surface area contributed by atoms with Crippen molar-refractivity contribution in [3.63, 3.8) is 0 Å². The third-order valence-electron chi connectivity index (χ3n) is 1.07. The summed E-state index contributed by atoms with van der Waals surface area (Å²) in [7, 11) is 0. The van der Waals surface area contributed by atoms with Crippen molar-refractivity contribution in [1.82, 2.24) is 10.4 Å². The smallest absolute Gasteiger partial charge is 0.231 e. The van der Waals surface area contributed by atoms with Gasteiger partial charge in [-0.2, -0.15) is 5.26 Å². The Morgan fingerprint density at radius 2 is 2.31 bits per heavy atom. The molecule has 0 aromatic carbocycles. The number of carbonyl (C=O) groups excluding carboxylic acids is 2. The first-order valence-corrected chi connectivity index (χ1v) is 3.54. The number of carbonyl (C=O) groups is 2. The Kier molecular flexibility index (Phi) is 6.90. The molecule has 0 unspecified atom stereocenters. The van der Waals surface area contributed by atoms with Crippen molar-refractivity contribution in [1.29, 1.82) is 5.26 Å². The van der Waals surface area contributed by atoms with Crippen LogP contribution in [0.25, 0.3) is 0 Å². The lowest BCUT2D eigenvalue weighted by Gasteiger charge is -2.05.